The molecular formula is C11H9ClF2N2O. The molecule has 0 aliphatic carbocycles. The molecule has 0 spiro atoms. The number of hydrogen-bond donors (Lipinski definition) is 1. The molecule has 17 heavy (non-hydrogen) atoms. The van der Waals surface area contributed by atoms with Crippen molar-refractivity contribution in [2.75, 3.05) is 0 Å². The second-order valence-electron chi connectivity index (χ2n) is 3.45. The standard InChI is InChI=1S/C11H9ClF2N2O/c12-10-3-7(1-2-8(10)6-17)9-4-15-16(5-9)11(13)14/h1-5,11,17H,6H2. The molecule has 3 nitrogen and oxygen atoms in total. The smallest absolute Gasteiger partial charge is 0.333 e. The van der Waals surface area contributed by atoms with Crippen LogP contribution >= 0.6 is 11.6 Å². The van der Waals surface area contributed by atoms with E-state index in [0.29, 0.717) is 26.4 Å². The summed E-state index contributed by atoms with van der Waals surface area (Å²) in [5.74, 6) is 0. The van der Waals surface area contributed by atoms with Crippen LogP contribution in [0.2, 0.25) is 5.02 Å². The third-order valence-corrected chi connectivity index (χ3v) is 2.71. The zero-order valence-corrected chi connectivity index (χ0v) is 9.40. The number of halogens is 3. The Balaban J connectivity index is 2.36. The molecule has 0 bridgehead atoms. The highest BCUT2D eigenvalue weighted by molar-refractivity contribution is 6.31. The van der Waals surface area contributed by atoms with Crippen molar-refractivity contribution in [3.8, 4) is 11.1 Å². The molecule has 1 aromatic carbocycles. The molecule has 1 heterocycles. The SMILES string of the molecule is OCc1ccc(-c2cnn(C(F)F)c2)cc1Cl. The summed E-state index contributed by atoms with van der Waals surface area (Å²) in [6, 6.07) is 4.96. The minimum absolute atomic E-state index is 0.157. The van der Waals surface area contributed by atoms with Crippen LogP contribution in [0.5, 0.6) is 0 Å². The topological polar surface area (TPSA) is 38.1 Å². The predicted octanol–water partition coefficient (Wildman–Crippen LogP) is 3.09. The summed E-state index contributed by atoms with van der Waals surface area (Å²) in [6.45, 7) is -2.81. The van der Waals surface area contributed by atoms with Crippen LogP contribution in [0.15, 0.2) is 30.6 Å². The van der Waals surface area contributed by atoms with Crippen LogP contribution in [0.4, 0.5) is 8.78 Å². The molecule has 0 aliphatic heterocycles. The van der Waals surface area contributed by atoms with Crippen molar-refractivity contribution in [3.63, 3.8) is 0 Å². The van der Waals surface area contributed by atoms with E-state index in [4.69, 9.17) is 16.7 Å². The van der Waals surface area contributed by atoms with E-state index in [-0.39, 0.29) is 6.61 Å². The minimum Gasteiger partial charge on any atom is -0.392 e. The molecule has 0 fully saturated rings. The Hall–Kier alpha value is -1.46. The molecule has 0 radical (unpaired) electrons. The van der Waals surface area contributed by atoms with Gasteiger partial charge < -0.3 is 5.11 Å². The van der Waals surface area contributed by atoms with Crippen molar-refractivity contribution >= 4 is 11.6 Å². The summed E-state index contributed by atoms with van der Waals surface area (Å²) in [4.78, 5) is 0. The van der Waals surface area contributed by atoms with Gasteiger partial charge in [0.2, 0.25) is 0 Å². The highest BCUT2D eigenvalue weighted by Crippen LogP contribution is 2.26. The number of rotatable bonds is 3. The average molecular weight is 259 g/mol. The van der Waals surface area contributed by atoms with Crippen LogP contribution < -0.4 is 0 Å². The van der Waals surface area contributed by atoms with Crippen LogP contribution in [0, 0.1) is 0 Å². The van der Waals surface area contributed by atoms with Gasteiger partial charge in [0.05, 0.1) is 12.8 Å². The Morgan fingerprint density at radius 2 is 2.12 bits per heavy atom. The maximum atomic E-state index is 12.3. The van der Waals surface area contributed by atoms with Crippen molar-refractivity contribution < 1.29 is 13.9 Å². The summed E-state index contributed by atoms with van der Waals surface area (Å²) in [6.07, 6.45) is 2.59. The molecule has 1 N–H and O–H groups in total. The number of hydrogen-bond acceptors (Lipinski definition) is 2. The van der Waals surface area contributed by atoms with Crippen LogP contribution in [-0.4, -0.2) is 14.9 Å². The van der Waals surface area contributed by atoms with E-state index in [1.165, 1.54) is 12.4 Å². The second kappa shape index (κ2) is 4.81. The molecule has 2 rings (SSSR count). The lowest BCUT2D eigenvalue weighted by Gasteiger charge is -2.03. The number of nitrogens with zero attached hydrogens (tertiary/aromatic N) is 2. The van der Waals surface area contributed by atoms with E-state index in [0.717, 1.165) is 0 Å². The lowest BCUT2D eigenvalue weighted by atomic mass is 10.1. The van der Waals surface area contributed by atoms with Crippen molar-refractivity contribution in [1.82, 2.24) is 9.78 Å². The van der Waals surface area contributed by atoms with E-state index >= 15 is 0 Å². The number of benzene rings is 1. The molecule has 90 valence electrons. The van der Waals surface area contributed by atoms with Gasteiger partial charge in [0, 0.05) is 16.8 Å². The molecule has 6 heteroatoms. The third kappa shape index (κ3) is 2.45. The van der Waals surface area contributed by atoms with Gasteiger partial charge >= 0.3 is 6.55 Å². The lowest BCUT2D eigenvalue weighted by Crippen LogP contribution is -1.96. The normalized spacial score (nSPS) is 11.1. The van der Waals surface area contributed by atoms with Crippen LogP contribution in [0.1, 0.15) is 12.1 Å². The molecule has 2 aromatic rings. The van der Waals surface area contributed by atoms with Gasteiger partial charge in [-0.3, -0.25) is 0 Å². The molecule has 0 unspecified atom stereocenters. The lowest BCUT2D eigenvalue weighted by molar-refractivity contribution is 0.0566. The number of aliphatic hydroxyl groups excluding tert-OH is 1. The van der Waals surface area contributed by atoms with Gasteiger partial charge in [0.25, 0.3) is 0 Å². The molecule has 0 saturated carbocycles. The maximum absolute atomic E-state index is 12.3. The van der Waals surface area contributed by atoms with Crippen molar-refractivity contribution in [2.24, 2.45) is 0 Å². The number of aliphatic hydroxyl groups is 1. The first kappa shape index (κ1) is 12.0. The van der Waals surface area contributed by atoms with E-state index in [2.05, 4.69) is 5.10 Å². The quantitative estimate of drug-likeness (QED) is 0.919. The molecule has 0 saturated heterocycles. The summed E-state index contributed by atoms with van der Waals surface area (Å²) in [5, 5.41) is 12.9. The fourth-order valence-corrected chi connectivity index (χ4v) is 1.69. The van der Waals surface area contributed by atoms with Gasteiger partial charge in [-0.1, -0.05) is 23.7 Å². The predicted molar refractivity (Wildman–Crippen MR) is 59.8 cm³/mol. The van der Waals surface area contributed by atoms with Crippen molar-refractivity contribution in [3.05, 3.63) is 41.2 Å². The van der Waals surface area contributed by atoms with Gasteiger partial charge in [-0.25, -0.2) is 4.68 Å². The molecule has 0 amide bonds. The van der Waals surface area contributed by atoms with Crippen LogP contribution in [-0.2, 0) is 6.61 Å². The first-order valence-electron chi connectivity index (χ1n) is 4.84. The summed E-state index contributed by atoms with van der Waals surface area (Å²) < 4.78 is 25.2. The van der Waals surface area contributed by atoms with Gasteiger partial charge in [-0.05, 0) is 17.2 Å². The van der Waals surface area contributed by atoms with Gasteiger partial charge in [0.1, 0.15) is 0 Å². The Labute approximate surface area is 101 Å². The molecule has 0 aliphatic rings. The number of alkyl halides is 2. The Bertz CT molecular complexity index is 528. The Kier molecular flexibility index (Phi) is 3.40. The largest absolute Gasteiger partial charge is 0.392 e. The van der Waals surface area contributed by atoms with E-state index < -0.39 is 6.55 Å². The summed E-state index contributed by atoms with van der Waals surface area (Å²) in [5.41, 5.74) is 1.83. The first-order chi connectivity index (χ1) is 8.11. The average Bonchev–Trinajstić information content (AvgIpc) is 2.78. The van der Waals surface area contributed by atoms with Gasteiger partial charge in [-0.2, -0.15) is 13.9 Å². The maximum Gasteiger partial charge on any atom is 0.333 e. The zero-order chi connectivity index (χ0) is 12.4. The first-order valence-corrected chi connectivity index (χ1v) is 5.21. The zero-order valence-electron chi connectivity index (χ0n) is 8.65. The molecule has 0 atom stereocenters. The van der Waals surface area contributed by atoms with Gasteiger partial charge in [0.15, 0.2) is 0 Å². The number of aromatic nitrogens is 2. The second-order valence-corrected chi connectivity index (χ2v) is 3.86. The Morgan fingerprint density at radius 1 is 1.35 bits per heavy atom. The van der Waals surface area contributed by atoms with Gasteiger partial charge in [-0.15, -0.1) is 0 Å². The van der Waals surface area contributed by atoms with Crippen molar-refractivity contribution in [2.45, 2.75) is 13.2 Å². The van der Waals surface area contributed by atoms with E-state index in [1.54, 1.807) is 18.2 Å². The van der Waals surface area contributed by atoms with E-state index in [9.17, 15) is 8.78 Å². The minimum atomic E-state index is -2.66. The van der Waals surface area contributed by atoms with Crippen molar-refractivity contribution in [1.29, 1.82) is 0 Å². The molecule has 1 aromatic heterocycles. The Morgan fingerprint density at radius 3 is 2.65 bits per heavy atom. The monoisotopic (exact) mass is 258 g/mol. The highest BCUT2D eigenvalue weighted by Gasteiger charge is 2.09. The fourth-order valence-electron chi connectivity index (χ4n) is 1.45. The molecular weight excluding hydrogens is 250 g/mol. The fraction of sp³-hybridized carbons (Fsp3) is 0.182. The van der Waals surface area contributed by atoms with E-state index in [1.807, 2.05) is 0 Å². The highest BCUT2D eigenvalue weighted by atomic mass is 35.5. The van der Waals surface area contributed by atoms with Crippen LogP contribution in [0.25, 0.3) is 11.1 Å². The third-order valence-electron chi connectivity index (χ3n) is 2.36. The summed E-state index contributed by atoms with van der Waals surface area (Å²) >= 11 is 5.91. The van der Waals surface area contributed by atoms with Crippen LogP contribution in [0.3, 0.4) is 0 Å². The summed E-state index contributed by atoms with van der Waals surface area (Å²) in [7, 11) is 0.